The van der Waals surface area contributed by atoms with E-state index in [4.69, 9.17) is 5.11 Å². The summed E-state index contributed by atoms with van der Waals surface area (Å²) in [4.78, 5) is 26.9. The summed E-state index contributed by atoms with van der Waals surface area (Å²) in [5, 5.41) is 11.9. The van der Waals surface area contributed by atoms with Crippen LogP contribution in [-0.4, -0.2) is 60.1 Å². The Bertz CT molecular complexity index is 575. The Hall–Kier alpha value is -2.08. The highest BCUT2D eigenvalue weighted by molar-refractivity contribution is 5.75. The van der Waals surface area contributed by atoms with Gasteiger partial charge < -0.3 is 15.3 Å². The Balaban J connectivity index is 1.85. The van der Waals surface area contributed by atoms with Crippen molar-refractivity contribution in [3.05, 3.63) is 35.9 Å². The van der Waals surface area contributed by atoms with Gasteiger partial charge in [0, 0.05) is 32.7 Å². The van der Waals surface area contributed by atoms with Crippen LogP contribution in [0.5, 0.6) is 0 Å². The smallest absolute Gasteiger partial charge is 0.317 e. The van der Waals surface area contributed by atoms with Crippen LogP contribution < -0.4 is 5.32 Å². The van der Waals surface area contributed by atoms with Crippen molar-refractivity contribution in [3.8, 4) is 0 Å². The predicted octanol–water partition coefficient (Wildman–Crippen LogP) is 2.26. The molecule has 0 aromatic heterocycles. The predicted molar refractivity (Wildman–Crippen MR) is 97.2 cm³/mol. The fourth-order valence-corrected chi connectivity index (χ4v) is 3.05. The van der Waals surface area contributed by atoms with E-state index in [0.717, 1.165) is 6.54 Å². The lowest BCUT2D eigenvalue weighted by atomic mass is 10.1. The normalized spacial score (nSPS) is 16.3. The maximum Gasteiger partial charge on any atom is 0.317 e. The molecular weight excluding hydrogens is 318 g/mol. The largest absolute Gasteiger partial charge is 0.481 e. The van der Waals surface area contributed by atoms with Gasteiger partial charge in [-0.15, -0.1) is 0 Å². The van der Waals surface area contributed by atoms with Crippen LogP contribution in [-0.2, 0) is 11.3 Å². The van der Waals surface area contributed by atoms with Gasteiger partial charge >= 0.3 is 12.0 Å². The third-order valence-electron chi connectivity index (χ3n) is 4.79. The van der Waals surface area contributed by atoms with Crippen LogP contribution in [0.25, 0.3) is 0 Å². The highest BCUT2D eigenvalue weighted by Crippen LogP contribution is 2.35. The highest BCUT2D eigenvalue weighted by atomic mass is 16.4. The number of urea groups is 1. The minimum Gasteiger partial charge on any atom is -0.481 e. The Kier molecular flexibility index (Phi) is 6.82. The van der Waals surface area contributed by atoms with E-state index >= 15 is 0 Å². The van der Waals surface area contributed by atoms with Gasteiger partial charge in [0.1, 0.15) is 0 Å². The Morgan fingerprint density at radius 1 is 1.24 bits per heavy atom. The Morgan fingerprint density at radius 3 is 2.44 bits per heavy atom. The molecule has 1 aromatic rings. The van der Waals surface area contributed by atoms with Gasteiger partial charge in [0.05, 0.1) is 5.92 Å². The molecule has 1 aliphatic rings. The molecule has 1 aliphatic carbocycles. The summed E-state index contributed by atoms with van der Waals surface area (Å²) >= 11 is 0. The molecule has 0 aliphatic heterocycles. The number of carbonyl (C=O) groups excluding carboxylic acids is 1. The number of hydrogen-bond donors (Lipinski definition) is 2. The molecule has 6 heteroatoms. The number of rotatable bonds is 9. The van der Waals surface area contributed by atoms with Gasteiger partial charge in [-0.05, 0) is 31.4 Å². The van der Waals surface area contributed by atoms with Gasteiger partial charge in [-0.1, -0.05) is 37.3 Å². The zero-order valence-electron chi connectivity index (χ0n) is 15.3. The van der Waals surface area contributed by atoms with Crippen LogP contribution in [0.2, 0.25) is 0 Å². The lowest BCUT2D eigenvalue weighted by molar-refractivity contribution is -0.141. The van der Waals surface area contributed by atoms with Crippen molar-refractivity contribution in [1.82, 2.24) is 15.1 Å². The summed E-state index contributed by atoms with van der Waals surface area (Å²) in [6, 6.07) is 10.4. The first-order valence-corrected chi connectivity index (χ1v) is 8.84. The first-order valence-electron chi connectivity index (χ1n) is 8.84. The molecule has 1 saturated carbocycles. The molecule has 0 radical (unpaired) electrons. The molecule has 2 unspecified atom stereocenters. The molecule has 0 bridgehead atoms. The van der Waals surface area contributed by atoms with Gasteiger partial charge in [0.25, 0.3) is 0 Å². The molecule has 2 atom stereocenters. The van der Waals surface area contributed by atoms with Gasteiger partial charge in [-0.3, -0.25) is 9.69 Å². The molecule has 0 spiro atoms. The van der Waals surface area contributed by atoms with E-state index in [9.17, 15) is 9.59 Å². The van der Waals surface area contributed by atoms with Crippen LogP contribution >= 0.6 is 0 Å². The Labute approximate surface area is 149 Å². The van der Waals surface area contributed by atoms with Gasteiger partial charge in [0.15, 0.2) is 0 Å². The zero-order chi connectivity index (χ0) is 18.4. The van der Waals surface area contributed by atoms with Crippen LogP contribution in [0.15, 0.2) is 30.3 Å². The highest BCUT2D eigenvalue weighted by Gasteiger charge is 2.34. The minimum absolute atomic E-state index is 0.203. The van der Waals surface area contributed by atoms with Crippen molar-refractivity contribution in [1.29, 1.82) is 0 Å². The first kappa shape index (κ1) is 19.2. The van der Waals surface area contributed by atoms with Crippen LogP contribution in [0, 0.1) is 11.8 Å². The van der Waals surface area contributed by atoms with E-state index in [2.05, 4.69) is 29.4 Å². The first-order chi connectivity index (χ1) is 11.9. The van der Waals surface area contributed by atoms with Crippen molar-refractivity contribution in [3.63, 3.8) is 0 Å². The number of nitrogens with zero attached hydrogens (tertiary/aromatic N) is 2. The van der Waals surface area contributed by atoms with Gasteiger partial charge in [0.2, 0.25) is 0 Å². The number of nitrogens with one attached hydrogen (secondary N) is 1. The summed E-state index contributed by atoms with van der Waals surface area (Å²) in [5.74, 6) is -0.842. The number of benzene rings is 1. The lowest BCUT2D eigenvalue weighted by Crippen LogP contribution is -2.47. The molecule has 1 aromatic carbocycles. The second kappa shape index (κ2) is 8.85. The van der Waals surface area contributed by atoms with Gasteiger partial charge in [-0.25, -0.2) is 4.79 Å². The van der Waals surface area contributed by atoms with Crippen molar-refractivity contribution >= 4 is 12.0 Å². The van der Waals surface area contributed by atoms with Crippen molar-refractivity contribution in [2.75, 3.05) is 27.2 Å². The SMILES string of the molecule is CC(CN(C)C(=O)NCC(C1CC1)N(C)Cc1ccccc1)C(=O)O. The third kappa shape index (κ3) is 6.05. The van der Waals surface area contributed by atoms with E-state index in [1.165, 1.54) is 23.3 Å². The van der Waals surface area contributed by atoms with Crippen molar-refractivity contribution in [2.45, 2.75) is 32.4 Å². The Morgan fingerprint density at radius 2 is 1.88 bits per heavy atom. The number of hydrogen-bond acceptors (Lipinski definition) is 3. The summed E-state index contributed by atoms with van der Waals surface area (Å²) in [7, 11) is 3.73. The van der Waals surface area contributed by atoms with Crippen LogP contribution in [0.1, 0.15) is 25.3 Å². The third-order valence-corrected chi connectivity index (χ3v) is 4.79. The molecule has 6 nitrogen and oxygen atoms in total. The molecule has 1 fully saturated rings. The van der Waals surface area contributed by atoms with E-state index in [1.807, 2.05) is 18.2 Å². The van der Waals surface area contributed by atoms with Crippen LogP contribution in [0.4, 0.5) is 4.79 Å². The number of aliphatic carboxylic acids is 1. The summed E-state index contributed by atoms with van der Waals surface area (Å²) in [6.07, 6.45) is 2.40. The standard InChI is InChI=1S/C19H29N3O3/c1-14(18(23)24)12-22(3)19(25)20-11-17(16-9-10-16)21(2)13-15-7-5-4-6-8-15/h4-8,14,16-17H,9-13H2,1-3H3,(H,20,25)(H,23,24). The van der Waals surface area contributed by atoms with Gasteiger partial charge in [-0.2, -0.15) is 0 Å². The number of amides is 2. The van der Waals surface area contributed by atoms with E-state index in [0.29, 0.717) is 18.5 Å². The maximum absolute atomic E-state index is 12.2. The molecule has 25 heavy (non-hydrogen) atoms. The average molecular weight is 347 g/mol. The van der Waals surface area contributed by atoms with E-state index < -0.39 is 11.9 Å². The van der Waals surface area contributed by atoms with E-state index in [-0.39, 0.29) is 12.6 Å². The minimum atomic E-state index is -0.891. The fraction of sp³-hybridized carbons (Fsp3) is 0.579. The zero-order valence-corrected chi connectivity index (χ0v) is 15.3. The molecule has 0 saturated heterocycles. The second-order valence-electron chi connectivity index (χ2n) is 7.11. The fourth-order valence-electron chi connectivity index (χ4n) is 3.05. The second-order valence-corrected chi connectivity index (χ2v) is 7.11. The number of carboxylic acid groups (broad SMARTS) is 1. The van der Waals surface area contributed by atoms with E-state index in [1.54, 1.807) is 14.0 Å². The molecular formula is C19H29N3O3. The lowest BCUT2D eigenvalue weighted by Gasteiger charge is -2.29. The molecule has 2 N–H and O–H groups in total. The summed E-state index contributed by atoms with van der Waals surface area (Å²) in [5.41, 5.74) is 1.26. The number of carboxylic acids is 1. The number of carbonyl (C=O) groups is 2. The molecule has 2 amide bonds. The van der Waals surface area contributed by atoms with Crippen molar-refractivity contribution < 1.29 is 14.7 Å². The monoisotopic (exact) mass is 347 g/mol. The van der Waals surface area contributed by atoms with Crippen molar-refractivity contribution in [2.24, 2.45) is 11.8 Å². The topological polar surface area (TPSA) is 72.9 Å². The maximum atomic E-state index is 12.2. The quantitative estimate of drug-likeness (QED) is 0.719. The molecule has 138 valence electrons. The molecule has 2 rings (SSSR count). The summed E-state index contributed by atoms with van der Waals surface area (Å²) in [6.45, 7) is 3.24. The number of likely N-dealkylation sites (N-methyl/N-ethyl adjacent to an activating group) is 1. The van der Waals surface area contributed by atoms with Crippen LogP contribution in [0.3, 0.4) is 0 Å². The average Bonchev–Trinajstić information content (AvgIpc) is 3.40. The molecule has 0 heterocycles. The summed E-state index contributed by atoms with van der Waals surface area (Å²) < 4.78 is 0.